The molecule has 164 valence electrons. The first kappa shape index (κ1) is 22.3. The van der Waals surface area contributed by atoms with Gasteiger partial charge in [-0.3, -0.25) is 9.80 Å². The maximum absolute atomic E-state index is 13.5. The molecule has 1 fully saturated rings. The van der Waals surface area contributed by atoms with Crippen LogP contribution in [0.1, 0.15) is 5.56 Å². The fourth-order valence-electron chi connectivity index (χ4n) is 3.15. The van der Waals surface area contributed by atoms with Crippen LogP contribution in [0.25, 0.3) is 0 Å². The highest BCUT2D eigenvalue weighted by molar-refractivity contribution is 5.28. The fraction of sp³-hybridized carbons (Fsp3) is 0.429. The molecule has 2 aromatic carbocycles. The zero-order valence-electron chi connectivity index (χ0n) is 16.3. The minimum Gasteiger partial charge on any atom is -0.492 e. The minimum absolute atomic E-state index is 0.0375. The molecule has 1 aliphatic rings. The molecule has 0 radical (unpaired) electrons. The SMILES string of the molecule is Fc1ccc(OCCN2CCN(CCOc3ccc(C(F)(F)F)cc3)CC2)c(F)c1. The molecule has 1 heterocycles. The molecule has 0 saturated carbocycles. The lowest BCUT2D eigenvalue weighted by Gasteiger charge is -2.34. The predicted octanol–water partition coefficient (Wildman–Crippen LogP) is 4.06. The van der Waals surface area contributed by atoms with Crippen molar-refractivity contribution in [1.82, 2.24) is 9.80 Å². The molecule has 0 unspecified atom stereocenters. The van der Waals surface area contributed by atoms with Crippen LogP contribution in [-0.2, 0) is 6.18 Å². The van der Waals surface area contributed by atoms with Crippen LogP contribution < -0.4 is 9.47 Å². The van der Waals surface area contributed by atoms with Gasteiger partial charge in [-0.15, -0.1) is 0 Å². The van der Waals surface area contributed by atoms with Crippen molar-refractivity contribution in [2.75, 3.05) is 52.5 Å². The van der Waals surface area contributed by atoms with E-state index in [-0.39, 0.29) is 5.75 Å². The van der Waals surface area contributed by atoms with Crippen LogP contribution >= 0.6 is 0 Å². The second-order valence-electron chi connectivity index (χ2n) is 6.98. The fourth-order valence-corrected chi connectivity index (χ4v) is 3.15. The quantitative estimate of drug-likeness (QED) is 0.590. The average Bonchev–Trinajstić information content (AvgIpc) is 2.70. The maximum Gasteiger partial charge on any atom is 0.416 e. The summed E-state index contributed by atoms with van der Waals surface area (Å²) in [7, 11) is 0. The predicted molar refractivity (Wildman–Crippen MR) is 102 cm³/mol. The van der Waals surface area contributed by atoms with E-state index in [0.717, 1.165) is 50.4 Å². The van der Waals surface area contributed by atoms with Crippen LogP contribution in [0, 0.1) is 11.6 Å². The molecule has 1 aliphatic heterocycles. The molecular formula is C21H23F5N2O2. The molecule has 1 saturated heterocycles. The van der Waals surface area contributed by atoms with Gasteiger partial charge in [0.25, 0.3) is 0 Å². The number of hydrogen-bond donors (Lipinski definition) is 0. The van der Waals surface area contributed by atoms with Gasteiger partial charge in [-0.05, 0) is 36.4 Å². The van der Waals surface area contributed by atoms with Crippen molar-refractivity contribution < 1.29 is 31.4 Å². The van der Waals surface area contributed by atoms with Crippen molar-refractivity contribution in [2.24, 2.45) is 0 Å². The Hall–Kier alpha value is -2.39. The first-order valence-corrected chi connectivity index (χ1v) is 9.64. The van der Waals surface area contributed by atoms with Gasteiger partial charge in [0.1, 0.15) is 24.8 Å². The van der Waals surface area contributed by atoms with E-state index in [0.29, 0.717) is 32.1 Å². The Bertz CT molecular complexity index is 806. The zero-order chi connectivity index (χ0) is 21.6. The molecule has 0 aromatic heterocycles. The Labute approximate surface area is 171 Å². The molecular weight excluding hydrogens is 407 g/mol. The summed E-state index contributed by atoms with van der Waals surface area (Å²) in [5.41, 5.74) is -0.697. The standard InChI is InChI=1S/C21H23F5N2O2/c22-17-3-6-20(19(23)15-17)30-14-12-28-9-7-27(8-10-28)11-13-29-18-4-1-16(2-5-18)21(24,25)26/h1-6,15H,7-14H2. The molecule has 2 aromatic rings. The molecule has 9 heteroatoms. The molecule has 4 nitrogen and oxygen atoms in total. The van der Waals surface area contributed by atoms with E-state index < -0.39 is 23.4 Å². The highest BCUT2D eigenvalue weighted by atomic mass is 19.4. The Morgan fingerprint density at radius 1 is 0.767 bits per heavy atom. The van der Waals surface area contributed by atoms with Gasteiger partial charge >= 0.3 is 6.18 Å². The Kier molecular flexibility index (Phi) is 7.49. The molecule has 3 rings (SSSR count). The lowest BCUT2D eigenvalue weighted by atomic mass is 10.2. The highest BCUT2D eigenvalue weighted by Crippen LogP contribution is 2.30. The average molecular weight is 430 g/mol. The third kappa shape index (κ3) is 6.56. The van der Waals surface area contributed by atoms with Gasteiger partial charge < -0.3 is 9.47 Å². The van der Waals surface area contributed by atoms with E-state index >= 15 is 0 Å². The first-order chi connectivity index (χ1) is 14.3. The van der Waals surface area contributed by atoms with Crippen molar-refractivity contribution in [3.05, 3.63) is 59.7 Å². The van der Waals surface area contributed by atoms with E-state index in [2.05, 4.69) is 9.80 Å². The summed E-state index contributed by atoms with van der Waals surface area (Å²) in [6.07, 6.45) is -4.35. The van der Waals surface area contributed by atoms with Gasteiger partial charge in [0.2, 0.25) is 0 Å². The molecule has 0 amide bonds. The zero-order valence-corrected chi connectivity index (χ0v) is 16.3. The van der Waals surface area contributed by atoms with Crippen LogP contribution in [0.4, 0.5) is 22.0 Å². The van der Waals surface area contributed by atoms with Crippen molar-refractivity contribution in [1.29, 1.82) is 0 Å². The number of hydrogen-bond acceptors (Lipinski definition) is 4. The second kappa shape index (κ2) is 10.1. The van der Waals surface area contributed by atoms with Gasteiger partial charge in [-0.25, -0.2) is 8.78 Å². The Morgan fingerprint density at radius 2 is 1.33 bits per heavy atom. The Balaban J connectivity index is 1.31. The van der Waals surface area contributed by atoms with Gasteiger partial charge in [0, 0.05) is 45.3 Å². The normalized spacial score (nSPS) is 15.9. The monoisotopic (exact) mass is 430 g/mol. The molecule has 30 heavy (non-hydrogen) atoms. The molecule has 0 bridgehead atoms. The first-order valence-electron chi connectivity index (χ1n) is 9.64. The van der Waals surface area contributed by atoms with E-state index in [9.17, 15) is 22.0 Å². The third-order valence-electron chi connectivity index (χ3n) is 4.88. The summed E-state index contributed by atoms with van der Waals surface area (Å²) in [5, 5.41) is 0. The minimum atomic E-state index is -4.35. The maximum atomic E-state index is 13.5. The van der Waals surface area contributed by atoms with Gasteiger partial charge in [-0.1, -0.05) is 0 Å². The van der Waals surface area contributed by atoms with Gasteiger partial charge in [0.05, 0.1) is 5.56 Å². The molecule has 0 N–H and O–H groups in total. The number of benzene rings is 2. The lowest BCUT2D eigenvalue weighted by Crippen LogP contribution is -2.48. The molecule has 0 atom stereocenters. The molecule has 0 aliphatic carbocycles. The van der Waals surface area contributed by atoms with Crippen LogP contribution in [-0.4, -0.2) is 62.3 Å². The second-order valence-corrected chi connectivity index (χ2v) is 6.98. The van der Waals surface area contributed by atoms with E-state index in [1.165, 1.54) is 18.2 Å². The Morgan fingerprint density at radius 3 is 1.87 bits per heavy atom. The van der Waals surface area contributed by atoms with Crippen molar-refractivity contribution in [2.45, 2.75) is 6.18 Å². The number of halogens is 5. The third-order valence-corrected chi connectivity index (χ3v) is 4.88. The van der Waals surface area contributed by atoms with E-state index in [1.807, 2.05) is 0 Å². The van der Waals surface area contributed by atoms with Crippen molar-refractivity contribution in [3.63, 3.8) is 0 Å². The summed E-state index contributed by atoms with van der Waals surface area (Å²) < 4.78 is 75.0. The summed E-state index contributed by atoms with van der Waals surface area (Å²) in [4.78, 5) is 4.40. The van der Waals surface area contributed by atoms with Crippen LogP contribution in [0.2, 0.25) is 0 Å². The summed E-state index contributed by atoms with van der Waals surface area (Å²) in [6, 6.07) is 7.89. The molecule has 0 spiro atoms. The van der Waals surface area contributed by atoms with E-state index in [4.69, 9.17) is 9.47 Å². The summed E-state index contributed by atoms with van der Waals surface area (Å²) >= 11 is 0. The smallest absolute Gasteiger partial charge is 0.416 e. The van der Waals surface area contributed by atoms with Crippen LogP contribution in [0.3, 0.4) is 0 Å². The highest BCUT2D eigenvalue weighted by Gasteiger charge is 2.30. The largest absolute Gasteiger partial charge is 0.492 e. The summed E-state index contributed by atoms with van der Waals surface area (Å²) in [5.74, 6) is -0.909. The number of nitrogens with zero attached hydrogens (tertiary/aromatic N) is 2. The number of ether oxygens (including phenoxy) is 2. The van der Waals surface area contributed by atoms with E-state index in [1.54, 1.807) is 0 Å². The van der Waals surface area contributed by atoms with Crippen molar-refractivity contribution in [3.8, 4) is 11.5 Å². The summed E-state index contributed by atoms with van der Waals surface area (Å²) in [6.45, 7) is 5.27. The number of alkyl halides is 3. The van der Waals surface area contributed by atoms with Crippen LogP contribution in [0.15, 0.2) is 42.5 Å². The van der Waals surface area contributed by atoms with Crippen molar-refractivity contribution >= 4 is 0 Å². The van der Waals surface area contributed by atoms with Gasteiger partial charge in [-0.2, -0.15) is 13.2 Å². The van der Waals surface area contributed by atoms with Crippen LogP contribution in [0.5, 0.6) is 11.5 Å². The number of piperazine rings is 1. The lowest BCUT2D eigenvalue weighted by molar-refractivity contribution is -0.137. The topological polar surface area (TPSA) is 24.9 Å². The van der Waals surface area contributed by atoms with Gasteiger partial charge in [0.15, 0.2) is 11.6 Å². The number of rotatable bonds is 8.